The van der Waals surface area contributed by atoms with Gasteiger partial charge in [0.2, 0.25) is 0 Å². The second-order valence-corrected chi connectivity index (χ2v) is 6.24. The zero-order chi connectivity index (χ0) is 13.8. The zero-order valence-corrected chi connectivity index (χ0v) is 13.3. The van der Waals surface area contributed by atoms with Gasteiger partial charge in [-0.2, -0.15) is 0 Å². The summed E-state index contributed by atoms with van der Waals surface area (Å²) in [6.45, 7) is 13.8. The van der Waals surface area contributed by atoms with Gasteiger partial charge in [0, 0.05) is 36.2 Å². The average Bonchev–Trinajstić information content (AvgIpc) is 2.36. The van der Waals surface area contributed by atoms with E-state index in [-0.39, 0.29) is 0 Å². The summed E-state index contributed by atoms with van der Waals surface area (Å²) >= 11 is 3.53. The highest BCUT2D eigenvalue weighted by Crippen LogP contribution is 2.21. The number of rotatable bonds is 4. The Balaban J connectivity index is 2.00. The lowest BCUT2D eigenvalue weighted by Gasteiger charge is -2.43. The molecule has 1 radical (unpaired) electrons. The molecule has 1 aromatic rings. The number of benzene rings is 1. The minimum atomic E-state index is 0.537. The minimum Gasteiger partial charge on any atom is -0.294 e. The lowest BCUT2D eigenvalue weighted by Crippen LogP contribution is -2.55. The molecular weight excluding hydrogens is 300 g/mol. The summed E-state index contributed by atoms with van der Waals surface area (Å²) in [6.07, 6.45) is 2.00. The van der Waals surface area contributed by atoms with Crippen molar-refractivity contribution in [2.24, 2.45) is 0 Å². The molecule has 3 heteroatoms. The highest BCUT2D eigenvalue weighted by Gasteiger charge is 2.28. The second kappa shape index (κ2) is 6.69. The lowest BCUT2D eigenvalue weighted by molar-refractivity contribution is 0.0735. The van der Waals surface area contributed by atoms with Gasteiger partial charge in [0.25, 0.3) is 0 Å². The summed E-state index contributed by atoms with van der Waals surface area (Å²) in [4.78, 5) is 4.94. The Morgan fingerprint density at radius 3 is 2.79 bits per heavy atom. The molecule has 0 unspecified atom stereocenters. The first-order valence-electron chi connectivity index (χ1n) is 6.81. The van der Waals surface area contributed by atoms with Crippen molar-refractivity contribution >= 4 is 15.9 Å². The van der Waals surface area contributed by atoms with E-state index in [2.05, 4.69) is 77.0 Å². The third kappa shape index (κ3) is 3.91. The van der Waals surface area contributed by atoms with Crippen molar-refractivity contribution in [3.8, 4) is 0 Å². The maximum Gasteiger partial charge on any atom is 0.0549 e. The number of piperazine rings is 1. The number of nitrogens with zero attached hydrogens (tertiary/aromatic N) is 2. The van der Waals surface area contributed by atoms with E-state index in [0.717, 1.165) is 24.1 Å². The van der Waals surface area contributed by atoms with Crippen LogP contribution in [0.15, 0.2) is 41.4 Å². The zero-order valence-electron chi connectivity index (χ0n) is 11.7. The fraction of sp³-hybridized carbons (Fsp3) is 0.438. The lowest BCUT2D eigenvalue weighted by atomic mass is 10.1. The molecule has 0 spiro atoms. The van der Waals surface area contributed by atoms with Crippen molar-refractivity contribution < 1.29 is 0 Å². The topological polar surface area (TPSA) is 6.48 Å². The smallest absolute Gasteiger partial charge is 0.0549 e. The fourth-order valence-electron chi connectivity index (χ4n) is 2.60. The van der Waals surface area contributed by atoms with Crippen LogP contribution in [0.3, 0.4) is 0 Å². The Labute approximate surface area is 125 Å². The third-order valence-corrected chi connectivity index (χ3v) is 4.18. The molecule has 1 fully saturated rings. The highest BCUT2D eigenvalue weighted by molar-refractivity contribution is 9.10. The molecule has 0 aliphatic carbocycles. The molecule has 1 heterocycles. The predicted octanol–water partition coefficient (Wildman–Crippen LogP) is 3.54. The molecule has 2 atom stereocenters. The molecule has 0 amide bonds. The first-order chi connectivity index (χ1) is 9.10. The highest BCUT2D eigenvalue weighted by atomic mass is 79.9. The maximum absolute atomic E-state index is 3.84. The van der Waals surface area contributed by atoms with Gasteiger partial charge in [0.05, 0.1) is 6.54 Å². The van der Waals surface area contributed by atoms with Crippen LogP contribution in [0.2, 0.25) is 0 Å². The van der Waals surface area contributed by atoms with Gasteiger partial charge in [-0.05, 0) is 31.5 Å². The van der Waals surface area contributed by atoms with Gasteiger partial charge in [-0.1, -0.05) is 34.1 Å². The van der Waals surface area contributed by atoms with Gasteiger partial charge < -0.3 is 0 Å². The quantitative estimate of drug-likeness (QED) is 0.783. The summed E-state index contributed by atoms with van der Waals surface area (Å²) in [5.74, 6) is 0. The molecule has 1 aromatic carbocycles. The standard InChI is InChI=1S/C16H22BrN2/c1-4-8-18-10-14(3)19(11-13(18)2)12-15-6-5-7-16(17)9-15/h4-7,9,12-14H,1,8,10-11H2,2-3H3/t13-,14+/m1/s1. The van der Waals surface area contributed by atoms with Crippen LogP contribution in [0.5, 0.6) is 0 Å². The Morgan fingerprint density at radius 2 is 2.11 bits per heavy atom. The molecule has 0 bridgehead atoms. The third-order valence-electron chi connectivity index (χ3n) is 3.69. The normalized spacial score (nSPS) is 25.4. The van der Waals surface area contributed by atoms with Crippen molar-refractivity contribution in [3.63, 3.8) is 0 Å². The number of hydrogen-bond acceptors (Lipinski definition) is 2. The molecule has 103 valence electrons. The summed E-state index contributed by atoms with van der Waals surface area (Å²) in [7, 11) is 0. The van der Waals surface area contributed by atoms with Crippen molar-refractivity contribution in [1.29, 1.82) is 0 Å². The van der Waals surface area contributed by atoms with Gasteiger partial charge in [-0.25, -0.2) is 0 Å². The molecule has 2 rings (SSSR count). The Bertz CT molecular complexity index is 433. The number of hydrogen-bond donors (Lipinski definition) is 0. The van der Waals surface area contributed by atoms with Gasteiger partial charge in [-0.3, -0.25) is 9.80 Å². The van der Waals surface area contributed by atoms with Crippen LogP contribution in [-0.2, 0) is 0 Å². The molecule has 1 aliphatic rings. The van der Waals surface area contributed by atoms with Crippen LogP contribution < -0.4 is 0 Å². The molecule has 1 aliphatic heterocycles. The number of halogens is 1. The van der Waals surface area contributed by atoms with E-state index >= 15 is 0 Å². The average molecular weight is 322 g/mol. The Kier molecular flexibility index (Phi) is 5.20. The first-order valence-corrected chi connectivity index (χ1v) is 7.60. The molecule has 0 N–H and O–H groups in total. The van der Waals surface area contributed by atoms with Crippen LogP contribution >= 0.6 is 15.9 Å². The minimum absolute atomic E-state index is 0.537. The molecule has 2 nitrogen and oxygen atoms in total. The SMILES string of the molecule is C=CCN1C[C@H](C)N([CH]c2cccc(Br)c2)C[C@H]1C. The molecule has 0 aromatic heterocycles. The van der Waals surface area contributed by atoms with E-state index in [1.807, 2.05) is 6.08 Å². The Morgan fingerprint density at radius 1 is 1.32 bits per heavy atom. The van der Waals surface area contributed by atoms with Crippen molar-refractivity contribution in [3.05, 3.63) is 53.5 Å². The summed E-state index contributed by atoms with van der Waals surface area (Å²) < 4.78 is 1.13. The van der Waals surface area contributed by atoms with E-state index in [1.54, 1.807) is 0 Å². The summed E-state index contributed by atoms with van der Waals surface area (Å²) in [5.41, 5.74) is 1.26. The van der Waals surface area contributed by atoms with E-state index in [4.69, 9.17) is 0 Å². The van der Waals surface area contributed by atoms with Crippen LogP contribution in [0.25, 0.3) is 0 Å². The monoisotopic (exact) mass is 321 g/mol. The van der Waals surface area contributed by atoms with Crippen LogP contribution in [0.1, 0.15) is 19.4 Å². The van der Waals surface area contributed by atoms with Crippen LogP contribution in [0, 0.1) is 6.54 Å². The molecular formula is C16H22BrN2. The van der Waals surface area contributed by atoms with Crippen molar-refractivity contribution in [1.82, 2.24) is 9.80 Å². The van der Waals surface area contributed by atoms with Crippen molar-refractivity contribution in [2.75, 3.05) is 19.6 Å². The molecule has 1 saturated heterocycles. The first kappa shape index (κ1) is 14.8. The largest absolute Gasteiger partial charge is 0.294 e. The van der Waals surface area contributed by atoms with Gasteiger partial charge in [0.1, 0.15) is 0 Å². The summed E-state index contributed by atoms with van der Waals surface area (Å²) in [5, 5.41) is 0. The Hall–Kier alpha value is -0.640. The van der Waals surface area contributed by atoms with Crippen LogP contribution in [-0.4, -0.2) is 41.5 Å². The van der Waals surface area contributed by atoms with Gasteiger partial charge in [0.15, 0.2) is 0 Å². The second-order valence-electron chi connectivity index (χ2n) is 5.32. The van der Waals surface area contributed by atoms with E-state index < -0.39 is 0 Å². The van der Waals surface area contributed by atoms with Gasteiger partial charge in [-0.15, -0.1) is 6.58 Å². The predicted molar refractivity (Wildman–Crippen MR) is 84.9 cm³/mol. The van der Waals surface area contributed by atoms with Crippen molar-refractivity contribution in [2.45, 2.75) is 25.9 Å². The molecule has 0 saturated carbocycles. The van der Waals surface area contributed by atoms with E-state index in [1.165, 1.54) is 5.56 Å². The van der Waals surface area contributed by atoms with E-state index in [0.29, 0.717) is 12.1 Å². The van der Waals surface area contributed by atoms with Gasteiger partial charge >= 0.3 is 0 Å². The van der Waals surface area contributed by atoms with Crippen LogP contribution in [0.4, 0.5) is 0 Å². The van der Waals surface area contributed by atoms with E-state index in [9.17, 15) is 0 Å². The maximum atomic E-state index is 3.84. The summed E-state index contributed by atoms with van der Waals surface area (Å²) in [6, 6.07) is 9.56. The fourth-order valence-corrected chi connectivity index (χ4v) is 3.02. The molecule has 19 heavy (non-hydrogen) atoms.